The van der Waals surface area contributed by atoms with Gasteiger partial charge in [0.05, 0.1) is 12.0 Å². The number of rotatable bonds is 13. The smallest absolute Gasteiger partial charge is 0.302 e. The SMILES string of the molecule is CCc1oc([C@H](C)[C@H](OC(C)=O)[C@@H](C)[C@@H](O)[C@@H](C)CO[Si](C(C)C)(C(C)C)C(C)C)c(C)c(=O)c1C. The van der Waals surface area contributed by atoms with E-state index in [2.05, 4.69) is 41.5 Å². The van der Waals surface area contributed by atoms with Gasteiger partial charge < -0.3 is 18.7 Å². The molecule has 0 unspecified atom stereocenters. The number of aliphatic hydroxyl groups is 1. The van der Waals surface area contributed by atoms with Crippen molar-refractivity contribution in [3.8, 4) is 0 Å². The van der Waals surface area contributed by atoms with Crippen molar-refractivity contribution in [2.45, 2.75) is 131 Å². The molecule has 6 nitrogen and oxygen atoms in total. The molecule has 0 aliphatic rings. The van der Waals surface area contributed by atoms with Gasteiger partial charge in [-0.1, -0.05) is 69.2 Å². The van der Waals surface area contributed by atoms with E-state index in [0.29, 0.717) is 52.3 Å². The van der Waals surface area contributed by atoms with Gasteiger partial charge in [-0.3, -0.25) is 9.59 Å². The topological polar surface area (TPSA) is 86.0 Å². The lowest BCUT2D eigenvalue weighted by Gasteiger charge is -2.43. The van der Waals surface area contributed by atoms with Gasteiger partial charge >= 0.3 is 5.97 Å². The molecule has 0 aliphatic carbocycles. The minimum Gasteiger partial charge on any atom is -0.465 e. The third-order valence-corrected chi connectivity index (χ3v) is 14.3. The molecule has 0 aromatic carbocycles. The highest BCUT2D eigenvalue weighted by Gasteiger charge is 2.46. The lowest BCUT2D eigenvalue weighted by molar-refractivity contribution is -0.154. The fourth-order valence-electron chi connectivity index (χ4n) is 6.17. The summed E-state index contributed by atoms with van der Waals surface area (Å²) in [4.78, 5) is 24.9. The highest BCUT2D eigenvalue weighted by molar-refractivity contribution is 6.77. The van der Waals surface area contributed by atoms with Gasteiger partial charge in [0.2, 0.25) is 0 Å². The predicted octanol–water partition coefficient (Wildman–Crippen LogP) is 6.68. The predicted molar refractivity (Wildman–Crippen MR) is 149 cm³/mol. The van der Waals surface area contributed by atoms with E-state index >= 15 is 0 Å². The lowest BCUT2D eigenvalue weighted by Crippen LogP contribution is -2.49. The number of esters is 1. The van der Waals surface area contributed by atoms with Crippen molar-refractivity contribution in [3.63, 3.8) is 0 Å². The number of aliphatic hydroxyl groups excluding tert-OH is 1. The molecular formula is C29H52O6Si. The first-order valence-corrected chi connectivity index (χ1v) is 15.8. The van der Waals surface area contributed by atoms with Crippen LogP contribution in [0.4, 0.5) is 0 Å². The maximum atomic E-state index is 12.8. The van der Waals surface area contributed by atoms with E-state index in [1.54, 1.807) is 13.8 Å². The van der Waals surface area contributed by atoms with Gasteiger partial charge in [0.25, 0.3) is 0 Å². The zero-order chi connectivity index (χ0) is 28.1. The van der Waals surface area contributed by atoms with Gasteiger partial charge in [-0.05, 0) is 30.5 Å². The molecule has 7 heteroatoms. The molecule has 1 heterocycles. The summed E-state index contributed by atoms with van der Waals surface area (Å²) in [5, 5.41) is 11.4. The van der Waals surface area contributed by atoms with E-state index in [-0.39, 0.29) is 11.3 Å². The third kappa shape index (κ3) is 6.90. The molecule has 0 saturated carbocycles. The molecule has 0 aliphatic heterocycles. The summed E-state index contributed by atoms with van der Waals surface area (Å²) >= 11 is 0. The second kappa shape index (κ2) is 13.4. The van der Waals surface area contributed by atoms with Gasteiger partial charge in [-0.15, -0.1) is 0 Å². The molecular weight excluding hydrogens is 472 g/mol. The standard InChI is InChI=1S/C29H52O6Si/c1-14-25-20(9)27(32)22(11)29(35-25)23(12)28(34-24(13)30)21(10)26(31)19(8)15-33-36(16(2)3,17(4)5)18(6)7/h16-19,21,23,26,28,31H,14-15H2,1-13H3/t19-,21-,23+,26-,28+/m0/s1. The molecule has 0 saturated heterocycles. The third-order valence-electron chi connectivity index (χ3n) is 8.17. The zero-order valence-electron chi connectivity index (χ0n) is 25.0. The summed E-state index contributed by atoms with van der Waals surface area (Å²) in [6, 6.07) is 0. The molecule has 0 fully saturated rings. The minimum atomic E-state index is -2.07. The number of aryl methyl sites for hydroxylation is 1. The Hall–Kier alpha value is -1.44. The summed E-state index contributed by atoms with van der Waals surface area (Å²) in [7, 11) is -2.07. The van der Waals surface area contributed by atoms with Crippen LogP contribution in [-0.2, 0) is 20.4 Å². The quantitative estimate of drug-likeness (QED) is 0.229. The van der Waals surface area contributed by atoms with E-state index < -0.39 is 38.3 Å². The first kappa shape index (κ1) is 32.6. The van der Waals surface area contributed by atoms with Crippen molar-refractivity contribution in [2.75, 3.05) is 6.61 Å². The van der Waals surface area contributed by atoms with Crippen LogP contribution in [0, 0.1) is 25.7 Å². The first-order chi connectivity index (χ1) is 16.5. The number of hydrogen-bond acceptors (Lipinski definition) is 6. The Morgan fingerprint density at radius 3 is 1.86 bits per heavy atom. The van der Waals surface area contributed by atoms with Crippen molar-refractivity contribution in [3.05, 3.63) is 32.9 Å². The largest absolute Gasteiger partial charge is 0.465 e. The Balaban J connectivity index is 3.28. The highest BCUT2D eigenvalue weighted by Crippen LogP contribution is 2.43. The minimum absolute atomic E-state index is 0.0474. The van der Waals surface area contributed by atoms with Crippen LogP contribution in [0.1, 0.15) is 105 Å². The second-order valence-corrected chi connectivity index (χ2v) is 17.1. The van der Waals surface area contributed by atoms with Crippen LogP contribution in [0.5, 0.6) is 0 Å². The van der Waals surface area contributed by atoms with Crippen LogP contribution >= 0.6 is 0 Å². The van der Waals surface area contributed by atoms with Gasteiger partial charge in [0.1, 0.15) is 17.6 Å². The molecule has 1 aromatic heterocycles. The van der Waals surface area contributed by atoms with Crippen LogP contribution in [0.25, 0.3) is 0 Å². The van der Waals surface area contributed by atoms with Crippen LogP contribution in [0.15, 0.2) is 9.21 Å². The van der Waals surface area contributed by atoms with Crippen LogP contribution in [0.2, 0.25) is 16.6 Å². The molecule has 0 bridgehead atoms. The van der Waals surface area contributed by atoms with E-state index in [0.717, 1.165) is 0 Å². The van der Waals surface area contributed by atoms with E-state index in [4.69, 9.17) is 13.6 Å². The molecule has 0 radical (unpaired) electrons. The number of ether oxygens (including phenoxy) is 1. The first-order valence-electron chi connectivity index (χ1n) is 13.7. The summed E-state index contributed by atoms with van der Waals surface area (Å²) < 4.78 is 18.7. The fraction of sp³-hybridized carbons (Fsp3) is 0.793. The molecule has 1 N–H and O–H groups in total. The molecule has 0 spiro atoms. The summed E-state index contributed by atoms with van der Waals surface area (Å²) in [6.45, 7) is 26.6. The summed E-state index contributed by atoms with van der Waals surface area (Å²) in [5.41, 5.74) is 2.44. The molecule has 1 aromatic rings. The Bertz CT molecular complexity index is 897. The van der Waals surface area contributed by atoms with E-state index in [1.807, 2.05) is 27.7 Å². The average molecular weight is 525 g/mol. The molecule has 36 heavy (non-hydrogen) atoms. The summed E-state index contributed by atoms with van der Waals surface area (Å²) in [6.07, 6.45) is -0.825. The number of carbonyl (C=O) groups is 1. The average Bonchev–Trinajstić information content (AvgIpc) is 2.79. The van der Waals surface area contributed by atoms with Crippen molar-refractivity contribution in [1.82, 2.24) is 0 Å². The Kier molecular flexibility index (Phi) is 12.1. The molecule has 208 valence electrons. The molecule has 5 atom stereocenters. The van der Waals surface area contributed by atoms with Crippen LogP contribution in [-0.4, -0.2) is 38.2 Å². The van der Waals surface area contributed by atoms with Crippen molar-refractivity contribution < 1.29 is 23.5 Å². The van der Waals surface area contributed by atoms with Gasteiger partial charge in [-0.25, -0.2) is 0 Å². The molecule has 0 amide bonds. The number of carbonyl (C=O) groups excluding carboxylic acids is 1. The van der Waals surface area contributed by atoms with Crippen molar-refractivity contribution in [2.24, 2.45) is 11.8 Å². The zero-order valence-corrected chi connectivity index (χ0v) is 26.0. The Morgan fingerprint density at radius 1 is 0.944 bits per heavy atom. The van der Waals surface area contributed by atoms with Gasteiger partial charge in [0, 0.05) is 42.9 Å². The van der Waals surface area contributed by atoms with Crippen molar-refractivity contribution in [1.29, 1.82) is 0 Å². The molecule has 1 rings (SSSR count). The van der Waals surface area contributed by atoms with Crippen LogP contribution in [0.3, 0.4) is 0 Å². The maximum absolute atomic E-state index is 12.8. The maximum Gasteiger partial charge on any atom is 0.302 e. The fourth-order valence-corrected chi connectivity index (χ4v) is 11.7. The lowest BCUT2D eigenvalue weighted by atomic mass is 9.82. The summed E-state index contributed by atoms with van der Waals surface area (Å²) in [5.74, 6) is -0.231. The van der Waals surface area contributed by atoms with E-state index in [9.17, 15) is 14.7 Å². The normalized spacial score (nSPS) is 16.8. The highest BCUT2D eigenvalue weighted by atomic mass is 28.4. The monoisotopic (exact) mass is 524 g/mol. The van der Waals surface area contributed by atoms with Gasteiger partial charge in [-0.2, -0.15) is 0 Å². The van der Waals surface area contributed by atoms with E-state index in [1.165, 1.54) is 6.92 Å². The van der Waals surface area contributed by atoms with Crippen LogP contribution < -0.4 is 5.43 Å². The van der Waals surface area contributed by atoms with Gasteiger partial charge in [0.15, 0.2) is 13.7 Å². The number of hydrogen-bond donors (Lipinski definition) is 1. The Morgan fingerprint density at radius 2 is 1.44 bits per heavy atom. The Labute approximate surface area is 220 Å². The second-order valence-electron chi connectivity index (χ2n) is 11.6. The van der Waals surface area contributed by atoms with Crippen molar-refractivity contribution >= 4 is 14.3 Å².